The maximum Gasteiger partial charge on any atom is 0.243 e. The van der Waals surface area contributed by atoms with E-state index in [0.29, 0.717) is 23.6 Å². The van der Waals surface area contributed by atoms with E-state index in [9.17, 15) is 18.0 Å². The topological polar surface area (TPSA) is 105 Å². The van der Waals surface area contributed by atoms with Gasteiger partial charge in [-0.2, -0.15) is 0 Å². The molecule has 3 aromatic rings. The van der Waals surface area contributed by atoms with Crippen LogP contribution in [0, 0.1) is 0 Å². The van der Waals surface area contributed by atoms with Crippen LogP contribution in [-0.4, -0.2) is 64.2 Å². The summed E-state index contributed by atoms with van der Waals surface area (Å²) in [6, 6.07) is 22.9. The first-order valence-electron chi connectivity index (χ1n) is 13.9. The lowest BCUT2D eigenvalue weighted by Crippen LogP contribution is -2.51. The van der Waals surface area contributed by atoms with Gasteiger partial charge in [0.05, 0.1) is 26.2 Å². The first-order valence-corrected chi connectivity index (χ1v) is 15.7. The molecule has 2 amide bonds. The summed E-state index contributed by atoms with van der Waals surface area (Å²) in [5.41, 5.74) is 2.19. The lowest BCUT2D eigenvalue weighted by molar-refractivity contribution is -0.141. The van der Waals surface area contributed by atoms with Crippen LogP contribution in [0.4, 0.5) is 5.69 Å². The van der Waals surface area contributed by atoms with Crippen molar-refractivity contribution >= 4 is 27.5 Å². The molecule has 0 unspecified atom stereocenters. The molecule has 226 valence electrons. The average Bonchev–Trinajstić information content (AvgIpc) is 2.96. The van der Waals surface area contributed by atoms with Crippen LogP contribution in [0.2, 0.25) is 0 Å². The van der Waals surface area contributed by atoms with Crippen molar-refractivity contribution in [3.05, 3.63) is 90.0 Å². The molecule has 42 heavy (non-hydrogen) atoms. The molecule has 10 heteroatoms. The highest BCUT2D eigenvalue weighted by atomic mass is 32.2. The number of sulfonamides is 1. The van der Waals surface area contributed by atoms with E-state index in [1.165, 1.54) is 11.4 Å². The Labute approximate surface area is 249 Å². The van der Waals surface area contributed by atoms with Crippen LogP contribution < -0.4 is 19.1 Å². The Morgan fingerprint density at radius 1 is 0.857 bits per heavy atom. The summed E-state index contributed by atoms with van der Waals surface area (Å²) < 4.78 is 37.2. The number of benzene rings is 3. The maximum atomic E-state index is 13.9. The normalized spacial score (nSPS) is 12.0. The summed E-state index contributed by atoms with van der Waals surface area (Å²) in [5, 5.41) is 2.98. The molecular weight excluding hydrogens is 554 g/mol. The fraction of sp³-hybridized carbons (Fsp3) is 0.375. The van der Waals surface area contributed by atoms with E-state index in [0.717, 1.165) is 17.4 Å². The van der Waals surface area contributed by atoms with E-state index in [1.54, 1.807) is 36.3 Å². The van der Waals surface area contributed by atoms with Gasteiger partial charge in [-0.15, -0.1) is 0 Å². The van der Waals surface area contributed by atoms with Gasteiger partial charge in [0.1, 0.15) is 17.5 Å². The molecule has 0 aliphatic rings. The highest BCUT2D eigenvalue weighted by molar-refractivity contribution is 7.92. The summed E-state index contributed by atoms with van der Waals surface area (Å²) in [5.74, 6) is 0.672. The lowest BCUT2D eigenvalue weighted by atomic mass is 10.0. The molecule has 0 bridgehead atoms. The van der Waals surface area contributed by atoms with Gasteiger partial charge in [0.2, 0.25) is 21.8 Å². The average molecular weight is 596 g/mol. The van der Waals surface area contributed by atoms with Gasteiger partial charge in [-0.05, 0) is 55.7 Å². The van der Waals surface area contributed by atoms with Crippen molar-refractivity contribution in [2.45, 2.75) is 51.7 Å². The van der Waals surface area contributed by atoms with E-state index in [4.69, 9.17) is 9.47 Å². The monoisotopic (exact) mass is 595 g/mol. The fourth-order valence-electron chi connectivity index (χ4n) is 4.67. The first-order chi connectivity index (χ1) is 20.0. The number of nitrogens with zero attached hydrogens (tertiary/aromatic N) is 2. The SMILES string of the molecule is COc1cccc(CN(C(=O)CCCN(c2cccc(OC)c2)S(C)(=O)=O)[C@@H](Cc2ccccc2)C(=O)NC(C)C)c1. The lowest BCUT2D eigenvalue weighted by Gasteiger charge is -2.32. The van der Waals surface area contributed by atoms with E-state index < -0.39 is 16.1 Å². The predicted octanol–water partition coefficient (Wildman–Crippen LogP) is 4.41. The molecule has 1 atom stereocenters. The number of carbonyl (C=O) groups excluding carboxylic acids is 2. The molecule has 3 aromatic carbocycles. The second kappa shape index (κ2) is 15.3. The number of methoxy groups -OCH3 is 2. The number of carbonyl (C=O) groups is 2. The van der Waals surface area contributed by atoms with Gasteiger partial charge >= 0.3 is 0 Å². The van der Waals surface area contributed by atoms with E-state index >= 15 is 0 Å². The molecule has 0 radical (unpaired) electrons. The minimum Gasteiger partial charge on any atom is -0.497 e. The molecule has 0 fully saturated rings. The zero-order valence-electron chi connectivity index (χ0n) is 24.9. The molecule has 0 aromatic heterocycles. The zero-order chi connectivity index (χ0) is 30.7. The van der Waals surface area contributed by atoms with Crippen LogP contribution in [0.1, 0.15) is 37.8 Å². The quantitative estimate of drug-likeness (QED) is 0.279. The van der Waals surface area contributed by atoms with Gasteiger partial charge in [-0.3, -0.25) is 13.9 Å². The summed E-state index contributed by atoms with van der Waals surface area (Å²) in [6.07, 6.45) is 1.76. The number of nitrogens with one attached hydrogen (secondary N) is 1. The second-order valence-corrected chi connectivity index (χ2v) is 12.3. The van der Waals surface area contributed by atoms with Gasteiger partial charge in [0.15, 0.2) is 0 Å². The third-order valence-electron chi connectivity index (χ3n) is 6.68. The fourth-order valence-corrected chi connectivity index (χ4v) is 5.63. The third-order valence-corrected chi connectivity index (χ3v) is 7.88. The number of amides is 2. The van der Waals surface area contributed by atoms with Crippen LogP contribution in [0.3, 0.4) is 0 Å². The molecule has 1 N–H and O–H groups in total. The molecule has 0 aliphatic heterocycles. The largest absolute Gasteiger partial charge is 0.497 e. The Morgan fingerprint density at radius 2 is 1.48 bits per heavy atom. The Balaban J connectivity index is 1.90. The molecule has 3 rings (SSSR count). The second-order valence-electron chi connectivity index (χ2n) is 10.4. The molecule has 9 nitrogen and oxygen atoms in total. The number of hydrogen-bond acceptors (Lipinski definition) is 6. The van der Waals surface area contributed by atoms with Crippen molar-refractivity contribution in [3.63, 3.8) is 0 Å². The number of ether oxygens (including phenoxy) is 2. The summed E-state index contributed by atoms with van der Waals surface area (Å²) in [4.78, 5) is 29.1. The Hall–Kier alpha value is -4.05. The van der Waals surface area contributed by atoms with Crippen molar-refractivity contribution in [3.8, 4) is 11.5 Å². The van der Waals surface area contributed by atoms with Crippen molar-refractivity contribution in [1.29, 1.82) is 0 Å². The van der Waals surface area contributed by atoms with E-state index in [1.807, 2.05) is 68.4 Å². The maximum absolute atomic E-state index is 13.9. The minimum absolute atomic E-state index is 0.0419. The Morgan fingerprint density at radius 3 is 2.10 bits per heavy atom. The molecule has 0 aliphatic carbocycles. The van der Waals surface area contributed by atoms with Crippen LogP contribution >= 0.6 is 0 Å². The van der Waals surface area contributed by atoms with Crippen molar-refractivity contribution in [2.24, 2.45) is 0 Å². The zero-order valence-corrected chi connectivity index (χ0v) is 25.8. The highest BCUT2D eigenvalue weighted by Crippen LogP contribution is 2.24. The van der Waals surface area contributed by atoms with Crippen molar-refractivity contribution in [2.75, 3.05) is 31.3 Å². The van der Waals surface area contributed by atoms with Gasteiger partial charge in [-0.25, -0.2) is 8.42 Å². The Bertz CT molecular complexity index is 1430. The van der Waals surface area contributed by atoms with Gasteiger partial charge < -0.3 is 19.7 Å². The van der Waals surface area contributed by atoms with Crippen LogP contribution in [0.15, 0.2) is 78.9 Å². The van der Waals surface area contributed by atoms with Crippen molar-refractivity contribution in [1.82, 2.24) is 10.2 Å². The van der Waals surface area contributed by atoms with E-state index in [-0.39, 0.29) is 43.8 Å². The van der Waals surface area contributed by atoms with Crippen LogP contribution in [-0.2, 0) is 32.6 Å². The highest BCUT2D eigenvalue weighted by Gasteiger charge is 2.31. The molecule has 0 spiro atoms. The van der Waals surface area contributed by atoms with Gasteiger partial charge in [0, 0.05) is 38.0 Å². The summed E-state index contributed by atoms with van der Waals surface area (Å²) in [6.45, 7) is 4.03. The molecule has 0 heterocycles. The number of anilines is 1. The van der Waals surface area contributed by atoms with Gasteiger partial charge in [-0.1, -0.05) is 48.5 Å². The predicted molar refractivity (Wildman–Crippen MR) is 165 cm³/mol. The summed E-state index contributed by atoms with van der Waals surface area (Å²) in [7, 11) is -0.536. The Kier molecular flexibility index (Phi) is 11.8. The third kappa shape index (κ3) is 9.51. The standard InChI is InChI=1S/C32H41N3O6S/c1-24(2)33-32(37)30(21-25-12-7-6-8-13-25)34(23-26-14-9-16-28(20-26)40-3)31(36)18-11-19-35(42(5,38)39)27-15-10-17-29(22-27)41-4/h6-10,12-17,20,22,24,30H,11,18-19,21,23H2,1-5H3,(H,33,37)/t30-/m0/s1. The summed E-state index contributed by atoms with van der Waals surface area (Å²) >= 11 is 0. The van der Waals surface area contributed by atoms with Gasteiger partial charge in [0.25, 0.3) is 0 Å². The minimum atomic E-state index is -3.63. The van der Waals surface area contributed by atoms with Crippen LogP contribution in [0.25, 0.3) is 0 Å². The van der Waals surface area contributed by atoms with Crippen molar-refractivity contribution < 1.29 is 27.5 Å². The van der Waals surface area contributed by atoms with Crippen LogP contribution in [0.5, 0.6) is 11.5 Å². The molecule has 0 saturated heterocycles. The first kappa shape index (κ1) is 32.5. The number of hydrogen-bond donors (Lipinski definition) is 1. The van der Waals surface area contributed by atoms with E-state index in [2.05, 4.69) is 5.32 Å². The molecular formula is C32H41N3O6S. The number of rotatable bonds is 15. The smallest absolute Gasteiger partial charge is 0.243 e. The molecule has 0 saturated carbocycles.